The number of amides is 1. The van der Waals surface area contributed by atoms with Gasteiger partial charge >= 0.3 is 0 Å². The predicted octanol–water partition coefficient (Wildman–Crippen LogP) is 4.84. The van der Waals surface area contributed by atoms with Crippen LogP contribution >= 0.6 is 15.9 Å². The molecule has 0 heterocycles. The minimum Gasteiger partial charge on any atom is -0.331 e. The Hall–Kier alpha value is -1.87. The van der Waals surface area contributed by atoms with Crippen molar-refractivity contribution in [3.05, 3.63) is 82.3 Å². The summed E-state index contributed by atoms with van der Waals surface area (Å²) in [6.07, 6.45) is 0. The molecule has 2 aromatic carbocycles. The largest absolute Gasteiger partial charge is 0.331 e. The number of halogens is 1. The second kappa shape index (κ2) is 6.72. The molecule has 108 valence electrons. The summed E-state index contributed by atoms with van der Waals surface area (Å²) in [5.74, 6) is -0.0284. The van der Waals surface area contributed by atoms with Crippen molar-refractivity contribution in [3.8, 4) is 0 Å². The number of hydrogen-bond acceptors (Lipinski definition) is 1. The summed E-state index contributed by atoms with van der Waals surface area (Å²) >= 11 is 3.44. The summed E-state index contributed by atoms with van der Waals surface area (Å²) in [5, 5.41) is 0. The van der Waals surface area contributed by atoms with E-state index in [1.165, 1.54) is 0 Å². The molecule has 0 aromatic heterocycles. The molecular formula is C18H18BrNO. The zero-order valence-electron chi connectivity index (χ0n) is 12.2. The number of nitrogens with zero attached hydrogens (tertiary/aromatic N) is 1. The van der Waals surface area contributed by atoms with Crippen LogP contribution in [0.25, 0.3) is 0 Å². The first-order valence-corrected chi connectivity index (χ1v) is 7.53. The molecule has 0 N–H and O–H groups in total. The van der Waals surface area contributed by atoms with Gasteiger partial charge in [-0.05, 0) is 40.5 Å². The summed E-state index contributed by atoms with van der Waals surface area (Å²) in [6.45, 7) is 5.99. The highest BCUT2D eigenvalue weighted by atomic mass is 79.9. The van der Waals surface area contributed by atoms with Gasteiger partial charge in [-0.15, -0.1) is 0 Å². The molecule has 1 atom stereocenters. The Morgan fingerprint density at radius 3 is 2.24 bits per heavy atom. The fourth-order valence-corrected chi connectivity index (χ4v) is 2.87. The third-order valence-electron chi connectivity index (χ3n) is 3.39. The van der Waals surface area contributed by atoms with Crippen LogP contribution in [0.3, 0.4) is 0 Å². The lowest BCUT2D eigenvalue weighted by Gasteiger charge is -2.29. The average molecular weight is 344 g/mol. The van der Waals surface area contributed by atoms with Crippen LogP contribution in [0.5, 0.6) is 0 Å². The van der Waals surface area contributed by atoms with E-state index in [9.17, 15) is 4.79 Å². The van der Waals surface area contributed by atoms with Crippen LogP contribution in [-0.4, -0.2) is 17.9 Å². The third-order valence-corrected chi connectivity index (χ3v) is 4.09. The van der Waals surface area contributed by atoms with Crippen molar-refractivity contribution < 1.29 is 4.79 Å². The van der Waals surface area contributed by atoms with Gasteiger partial charge in [-0.3, -0.25) is 4.79 Å². The molecule has 0 saturated heterocycles. The van der Waals surface area contributed by atoms with Gasteiger partial charge in [0.25, 0.3) is 5.91 Å². The third kappa shape index (κ3) is 3.42. The minimum absolute atomic E-state index is 0.0284. The van der Waals surface area contributed by atoms with Gasteiger partial charge in [-0.1, -0.05) is 54.6 Å². The molecule has 2 rings (SSSR count). The molecule has 0 fully saturated rings. The second-order valence-corrected chi connectivity index (χ2v) is 5.91. The Bertz CT molecular complexity index is 651. The van der Waals surface area contributed by atoms with Crippen molar-refractivity contribution in [1.29, 1.82) is 0 Å². The Kier molecular flexibility index (Phi) is 4.97. The van der Waals surface area contributed by atoms with E-state index in [1.807, 2.05) is 68.6 Å². The standard InChI is InChI=1S/C18H18BrNO/c1-13(2)17(14-9-5-4-6-10-14)20(3)18(21)15-11-7-8-12-16(15)19/h4-12,17H,1H2,2-3H3/t17-/m0/s1. The highest BCUT2D eigenvalue weighted by Crippen LogP contribution is 2.28. The Balaban J connectivity index is 2.36. The molecule has 0 aliphatic carbocycles. The molecule has 0 bridgehead atoms. The lowest BCUT2D eigenvalue weighted by molar-refractivity contribution is 0.0752. The van der Waals surface area contributed by atoms with Crippen LogP contribution in [0.15, 0.2) is 71.2 Å². The smallest absolute Gasteiger partial charge is 0.255 e. The van der Waals surface area contributed by atoms with E-state index >= 15 is 0 Å². The van der Waals surface area contributed by atoms with Crippen molar-refractivity contribution in [2.24, 2.45) is 0 Å². The van der Waals surface area contributed by atoms with Crippen LogP contribution < -0.4 is 0 Å². The number of benzene rings is 2. The van der Waals surface area contributed by atoms with Crippen LogP contribution in [0.1, 0.15) is 28.9 Å². The molecule has 0 radical (unpaired) electrons. The van der Waals surface area contributed by atoms with E-state index in [-0.39, 0.29) is 11.9 Å². The van der Waals surface area contributed by atoms with E-state index in [0.717, 1.165) is 15.6 Å². The molecular weight excluding hydrogens is 326 g/mol. The van der Waals surface area contributed by atoms with Crippen LogP contribution in [0.4, 0.5) is 0 Å². The maximum Gasteiger partial charge on any atom is 0.255 e. The van der Waals surface area contributed by atoms with E-state index < -0.39 is 0 Å². The molecule has 2 aromatic rings. The molecule has 21 heavy (non-hydrogen) atoms. The summed E-state index contributed by atoms with van der Waals surface area (Å²) in [4.78, 5) is 14.5. The molecule has 0 aliphatic rings. The maximum absolute atomic E-state index is 12.7. The molecule has 0 saturated carbocycles. The summed E-state index contributed by atoms with van der Waals surface area (Å²) in [7, 11) is 1.81. The fraction of sp³-hybridized carbons (Fsp3) is 0.167. The minimum atomic E-state index is -0.134. The first-order valence-electron chi connectivity index (χ1n) is 6.74. The van der Waals surface area contributed by atoms with E-state index in [1.54, 1.807) is 4.90 Å². The average Bonchev–Trinajstić information content (AvgIpc) is 2.48. The molecule has 0 spiro atoms. The van der Waals surface area contributed by atoms with Gasteiger partial charge in [0, 0.05) is 11.5 Å². The summed E-state index contributed by atoms with van der Waals surface area (Å²) in [5.41, 5.74) is 2.65. The number of rotatable bonds is 4. The van der Waals surface area contributed by atoms with Gasteiger partial charge in [0.2, 0.25) is 0 Å². The van der Waals surface area contributed by atoms with Crippen molar-refractivity contribution in [2.75, 3.05) is 7.05 Å². The molecule has 0 aliphatic heterocycles. The number of carbonyl (C=O) groups excluding carboxylic acids is 1. The van der Waals surface area contributed by atoms with Gasteiger partial charge in [-0.2, -0.15) is 0 Å². The fourth-order valence-electron chi connectivity index (χ4n) is 2.42. The SMILES string of the molecule is C=C(C)[C@@H](c1ccccc1)N(C)C(=O)c1ccccc1Br. The lowest BCUT2D eigenvalue weighted by Crippen LogP contribution is -2.32. The van der Waals surface area contributed by atoms with Crippen LogP contribution in [0, 0.1) is 0 Å². The van der Waals surface area contributed by atoms with Gasteiger partial charge in [-0.25, -0.2) is 0 Å². The Morgan fingerprint density at radius 1 is 1.10 bits per heavy atom. The van der Waals surface area contributed by atoms with Crippen molar-refractivity contribution >= 4 is 21.8 Å². The summed E-state index contributed by atoms with van der Waals surface area (Å²) < 4.78 is 0.801. The topological polar surface area (TPSA) is 20.3 Å². The van der Waals surface area contributed by atoms with Crippen molar-refractivity contribution in [2.45, 2.75) is 13.0 Å². The monoisotopic (exact) mass is 343 g/mol. The Morgan fingerprint density at radius 2 is 1.67 bits per heavy atom. The number of carbonyl (C=O) groups is 1. The quantitative estimate of drug-likeness (QED) is 0.727. The van der Waals surface area contributed by atoms with Gasteiger partial charge < -0.3 is 4.90 Å². The molecule has 1 amide bonds. The summed E-state index contributed by atoms with van der Waals surface area (Å²) in [6, 6.07) is 17.3. The first-order chi connectivity index (χ1) is 10.0. The molecule has 2 nitrogen and oxygen atoms in total. The first kappa shape index (κ1) is 15.5. The van der Waals surface area contributed by atoms with Gasteiger partial charge in [0.1, 0.15) is 0 Å². The van der Waals surface area contributed by atoms with Crippen molar-refractivity contribution in [3.63, 3.8) is 0 Å². The van der Waals surface area contributed by atoms with Gasteiger partial charge in [0.05, 0.1) is 11.6 Å². The van der Waals surface area contributed by atoms with Crippen LogP contribution in [-0.2, 0) is 0 Å². The normalized spacial score (nSPS) is 11.8. The van der Waals surface area contributed by atoms with E-state index in [4.69, 9.17) is 0 Å². The molecule has 3 heteroatoms. The molecule has 0 unspecified atom stereocenters. The van der Waals surface area contributed by atoms with Gasteiger partial charge in [0.15, 0.2) is 0 Å². The highest BCUT2D eigenvalue weighted by molar-refractivity contribution is 9.10. The second-order valence-electron chi connectivity index (χ2n) is 5.06. The van der Waals surface area contributed by atoms with E-state index in [2.05, 4.69) is 22.5 Å². The van der Waals surface area contributed by atoms with Crippen LogP contribution in [0.2, 0.25) is 0 Å². The highest BCUT2D eigenvalue weighted by Gasteiger charge is 2.24. The zero-order chi connectivity index (χ0) is 15.4. The van der Waals surface area contributed by atoms with E-state index in [0.29, 0.717) is 5.56 Å². The number of likely N-dealkylation sites (N-methyl/N-ethyl adjacent to an activating group) is 1. The zero-order valence-corrected chi connectivity index (χ0v) is 13.8. The number of hydrogen-bond donors (Lipinski definition) is 0. The van der Waals surface area contributed by atoms with Crippen molar-refractivity contribution in [1.82, 2.24) is 4.90 Å². The maximum atomic E-state index is 12.7. The predicted molar refractivity (Wildman–Crippen MR) is 90.2 cm³/mol. The lowest BCUT2D eigenvalue weighted by atomic mass is 9.99. The Labute approximate surface area is 134 Å².